The molecule has 3 heteroatoms. The van der Waals surface area contributed by atoms with Crippen molar-refractivity contribution < 1.29 is 14.4 Å². The zero-order chi connectivity index (χ0) is 19.4. The Hall–Kier alpha value is -3.07. The van der Waals surface area contributed by atoms with Crippen LogP contribution < -0.4 is 0 Å². The van der Waals surface area contributed by atoms with Gasteiger partial charge in [0, 0.05) is 11.8 Å². The monoisotopic (exact) mass is 358 g/mol. The maximum atomic E-state index is 13.5. The molecule has 0 N–H and O–H groups in total. The maximum absolute atomic E-state index is 13.5. The smallest absolute Gasteiger partial charge is 0.180 e. The highest BCUT2D eigenvalue weighted by molar-refractivity contribution is 6.31. The Labute approximate surface area is 159 Å². The van der Waals surface area contributed by atoms with Gasteiger partial charge in [0.25, 0.3) is 0 Å². The summed E-state index contributed by atoms with van der Waals surface area (Å²) >= 11 is 0. The lowest BCUT2D eigenvalue weighted by atomic mass is 9.65. The van der Waals surface area contributed by atoms with Crippen molar-refractivity contribution in [1.29, 1.82) is 0 Å². The molecule has 0 spiro atoms. The Morgan fingerprint density at radius 3 is 1.59 bits per heavy atom. The number of ketones is 3. The van der Waals surface area contributed by atoms with Gasteiger partial charge in [-0.3, -0.25) is 14.4 Å². The second-order valence-corrected chi connectivity index (χ2v) is 6.88. The van der Waals surface area contributed by atoms with E-state index in [9.17, 15) is 14.4 Å². The van der Waals surface area contributed by atoms with Crippen LogP contribution in [0.25, 0.3) is 0 Å². The Morgan fingerprint density at radius 2 is 1.19 bits per heavy atom. The number of Topliss-reactive ketones (excluding diaryl/α,β-unsaturated/α-hetero) is 2. The molecule has 0 fully saturated rings. The van der Waals surface area contributed by atoms with Gasteiger partial charge in [-0.1, -0.05) is 92.7 Å². The first-order valence-electron chi connectivity index (χ1n) is 9.07. The van der Waals surface area contributed by atoms with Gasteiger partial charge in [-0.15, -0.1) is 0 Å². The molecule has 1 aliphatic rings. The van der Waals surface area contributed by atoms with E-state index < -0.39 is 23.0 Å². The van der Waals surface area contributed by atoms with Gasteiger partial charge in [-0.05, 0) is 17.2 Å². The molecule has 0 radical (unpaired) electrons. The normalized spacial score (nSPS) is 20.9. The molecule has 27 heavy (non-hydrogen) atoms. The maximum Gasteiger partial charge on any atom is 0.180 e. The highest BCUT2D eigenvalue weighted by atomic mass is 16.2. The van der Waals surface area contributed by atoms with Gasteiger partial charge in [0.1, 0.15) is 0 Å². The molecule has 0 aliphatic heterocycles. The number of carbonyl (C=O) groups is 3. The molecule has 2 atom stereocenters. The van der Waals surface area contributed by atoms with Gasteiger partial charge in [-0.25, -0.2) is 0 Å². The molecule has 0 bridgehead atoms. The highest BCUT2D eigenvalue weighted by Crippen LogP contribution is 2.38. The van der Waals surface area contributed by atoms with Crippen LogP contribution in [0.3, 0.4) is 0 Å². The van der Waals surface area contributed by atoms with Gasteiger partial charge in [-0.2, -0.15) is 0 Å². The number of hydrogen-bond acceptors (Lipinski definition) is 3. The number of hydrogen-bond donors (Lipinski definition) is 0. The van der Waals surface area contributed by atoms with Crippen molar-refractivity contribution in [3.8, 4) is 0 Å². The molecular formula is C24H22O3. The standard InChI is InChI=1S/C24H22O3/c1-17(19-11-5-3-6-12-19)22(26)24(16-10-9-15-21(24)25)23(27)18(2)20-13-7-4-8-14-20/h3-18H,1-2H3. The van der Waals surface area contributed by atoms with E-state index in [-0.39, 0.29) is 11.6 Å². The number of carbonyl (C=O) groups excluding carboxylic acids is 3. The second kappa shape index (κ2) is 7.67. The lowest BCUT2D eigenvalue weighted by Crippen LogP contribution is -2.48. The summed E-state index contributed by atoms with van der Waals surface area (Å²) < 4.78 is 0. The number of benzene rings is 2. The predicted molar refractivity (Wildman–Crippen MR) is 105 cm³/mol. The Morgan fingerprint density at radius 1 is 0.741 bits per heavy atom. The van der Waals surface area contributed by atoms with Crippen molar-refractivity contribution in [2.75, 3.05) is 0 Å². The quantitative estimate of drug-likeness (QED) is 0.719. The Bertz CT molecular complexity index is 850. The average Bonchev–Trinajstić information content (AvgIpc) is 2.73. The molecule has 2 unspecified atom stereocenters. The van der Waals surface area contributed by atoms with Crippen LogP contribution in [0.4, 0.5) is 0 Å². The zero-order valence-electron chi connectivity index (χ0n) is 15.5. The van der Waals surface area contributed by atoms with E-state index >= 15 is 0 Å². The molecule has 2 aromatic rings. The van der Waals surface area contributed by atoms with Crippen LogP contribution in [0.15, 0.2) is 85.0 Å². The molecule has 0 saturated carbocycles. The third-order valence-corrected chi connectivity index (χ3v) is 5.26. The van der Waals surface area contributed by atoms with Crippen LogP contribution in [0.1, 0.15) is 36.8 Å². The largest absolute Gasteiger partial charge is 0.297 e. The molecule has 2 aromatic carbocycles. The van der Waals surface area contributed by atoms with E-state index in [1.807, 2.05) is 60.7 Å². The molecule has 0 heterocycles. The minimum absolute atomic E-state index is 0.382. The average molecular weight is 358 g/mol. The summed E-state index contributed by atoms with van der Waals surface area (Å²) in [7, 11) is 0. The van der Waals surface area contributed by atoms with E-state index in [4.69, 9.17) is 0 Å². The van der Waals surface area contributed by atoms with Crippen molar-refractivity contribution in [2.24, 2.45) is 5.41 Å². The fourth-order valence-corrected chi connectivity index (χ4v) is 3.55. The predicted octanol–water partition coefficient (Wildman–Crippen LogP) is 4.41. The van der Waals surface area contributed by atoms with Gasteiger partial charge >= 0.3 is 0 Å². The molecule has 136 valence electrons. The van der Waals surface area contributed by atoms with Crippen molar-refractivity contribution in [1.82, 2.24) is 0 Å². The number of rotatable bonds is 6. The molecule has 3 nitrogen and oxygen atoms in total. The van der Waals surface area contributed by atoms with Crippen molar-refractivity contribution >= 4 is 17.3 Å². The van der Waals surface area contributed by atoms with E-state index in [1.165, 1.54) is 12.2 Å². The van der Waals surface area contributed by atoms with Gasteiger partial charge < -0.3 is 0 Å². The summed E-state index contributed by atoms with van der Waals surface area (Å²) in [6.07, 6.45) is 5.98. The molecule has 0 amide bonds. The second-order valence-electron chi connectivity index (χ2n) is 6.88. The van der Waals surface area contributed by atoms with E-state index in [0.29, 0.717) is 0 Å². The summed E-state index contributed by atoms with van der Waals surface area (Å²) in [5, 5.41) is 0. The van der Waals surface area contributed by atoms with Crippen LogP contribution in [0, 0.1) is 5.41 Å². The Kier molecular flexibility index (Phi) is 5.31. The van der Waals surface area contributed by atoms with Gasteiger partial charge in [0.15, 0.2) is 22.8 Å². The first-order valence-corrected chi connectivity index (χ1v) is 9.07. The lowest BCUT2D eigenvalue weighted by Gasteiger charge is -2.32. The first-order chi connectivity index (χ1) is 13.0. The van der Waals surface area contributed by atoms with Crippen molar-refractivity contribution in [3.63, 3.8) is 0 Å². The fourth-order valence-electron chi connectivity index (χ4n) is 3.55. The van der Waals surface area contributed by atoms with Crippen LogP contribution in [-0.4, -0.2) is 17.3 Å². The molecule has 1 aliphatic carbocycles. The van der Waals surface area contributed by atoms with Crippen LogP contribution in [0.2, 0.25) is 0 Å². The lowest BCUT2D eigenvalue weighted by molar-refractivity contribution is -0.145. The Balaban J connectivity index is 2.04. The molecule has 3 rings (SSSR count). The summed E-state index contributed by atoms with van der Waals surface area (Å²) in [4.78, 5) is 39.9. The topological polar surface area (TPSA) is 51.2 Å². The third-order valence-electron chi connectivity index (χ3n) is 5.26. The molecular weight excluding hydrogens is 336 g/mol. The SMILES string of the molecule is CC(C(=O)C1(C(=O)C(C)c2ccccc2)C=CC=CC1=O)c1ccccc1. The minimum atomic E-state index is -1.78. The van der Waals surface area contributed by atoms with Gasteiger partial charge in [0.05, 0.1) is 0 Å². The first kappa shape index (κ1) is 18.7. The summed E-state index contributed by atoms with van der Waals surface area (Å²) in [5.74, 6) is -2.37. The number of allylic oxidation sites excluding steroid dienone is 4. The summed E-state index contributed by atoms with van der Waals surface area (Å²) in [6.45, 7) is 3.50. The van der Waals surface area contributed by atoms with E-state index in [1.54, 1.807) is 26.0 Å². The van der Waals surface area contributed by atoms with Crippen LogP contribution >= 0.6 is 0 Å². The highest BCUT2D eigenvalue weighted by Gasteiger charge is 2.52. The summed E-state index contributed by atoms with van der Waals surface area (Å²) in [6, 6.07) is 18.5. The van der Waals surface area contributed by atoms with Gasteiger partial charge in [0.2, 0.25) is 0 Å². The fraction of sp³-hybridized carbons (Fsp3) is 0.208. The zero-order valence-corrected chi connectivity index (χ0v) is 15.5. The van der Waals surface area contributed by atoms with Crippen LogP contribution in [-0.2, 0) is 14.4 Å². The molecule has 0 saturated heterocycles. The molecule has 0 aromatic heterocycles. The third kappa shape index (κ3) is 3.33. The van der Waals surface area contributed by atoms with E-state index in [2.05, 4.69) is 0 Å². The van der Waals surface area contributed by atoms with Crippen molar-refractivity contribution in [3.05, 3.63) is 96.1 Å². The minimum Gasteiger partial charge on any atom is -0.297 e. The van der Waals surface area contributed by atoms with Crippen LogP contribution in [0.5, 0.6) is 0 Å². The summed E-state index contributed by atoms with van der Waals surface area (Å²) in [5.41, 5.74) is -0.199. The van der Waals surface area contributed by atoms with Crippen molar-refractivity contribution in [2.45, 2.75) is 25.7 Å². The van der Waals surface area contributed by atoms with E-state index in [0.717, 1.165) is 11.1 Å².